The summed E-state index contributed by atoms with van der Waals surface area (Å²) in [6, 6.07) is 1.23. The fourth-order valence-corrected chi connectivity index (χ4v) is 2.32. The van der Waals surface area contributed by atoms with E-state index in [1.807, 2.05) is 20.8 Å². The molecule has 0 aliphatic carbocycles. The van der Waals surface area contributed by atoms with Crippen LogP contribution >= 0.6 is 0 Å². The number of nitrogens with one attached hydrogen (secondary N) is 2. The Morgan fingerprint density at radius 1 is 1.35 bits per heavy atom. The van der Waals surface area contributed by atoms with Crippen molar-refractivity contribution in [3.05, 3.63) is 0 Å². The third-order valence-corrected chi connectivity index (χ3v) is 3.40. The second-order valence-electron chi connectivity index (χ2n) is 6.81. The van der Waals surface area contributed by atoms with Gasteiger partial charge >= 0.3 is 6.09 Å². The predicted molar refractivity (Wildman–Crippen MR) is 82.0 cm³/mol. The van der Waals surface area contributed by atoms with Crippen LogP contribution in [0, 0.1) is 0 Å². The normalized spacial score (nSPS) is 20.4. The van der Waals surface area contributed by atoms with Crippen LogP contribution < -0.4 is 10.6 Å². The monoisotopic (exact) mass is 285 g/mol. The van der Waals surface area contributed by atoms with Crippen molar-refractivity contribution in [1.29, 1.82) is 0 Å². The molecule has 1 amide bonds. The lowest BCUT2D eigenvalue weighted by Crippen LogP contribution is -2.37. The molecular weight excluding hydrogens is 254 g/mol. The van der Waals surface area contributed by atoms with Gasteiger partial charge in [-0.2, -0.15) is 0 Å². The van der Waals surface area contributed by atoms with E-state index in [2.05, 4.69) is 29.4 Å². The van der Waals surface area contributed by atoms with Gasteiger partial charge in [0, 0.05) is 25.2 Å². The van der Waals surface area contributed by atoms with Crippen LogP contribution in [0.3, 0.4) is 0 Å². The van der Waals surface area contributed by atoms with E-state index >= 15 is 0 Å². The Kier molecular flexibility index (Phi) is 6.76. The van der Waals surface area contributed by atoms with Crippen molar-refractivity contribution >= 4 is 6.09 Å². The molecule has 2 N–H and O–H groups in total. The molecular formula is C15H31N3O2. The highest BCUT2D eigenvalue weighted by Crippen LogP contribution is 2.12. The molecule has 0 aromatic heterocycles. The Labute approximate surface area is 123 Å². The number of rotatable bonds is 6. The van der Waals surface area contributed by atoms with Crippen molar-refractivity contribution in [2.75, 3.05) is 26.2 Å². The third-order valence-electron chi connectivity index (χ3n) is 3.40. The van der Waals surface area contributed by atoms with Crippen molar-refractivity contribution < 1.29 is 9.53 Å². The first-order valence-corrected chi connectivity index (χ1v) is 7.72. The highest BCUT2D eigenvalue weighted by Gasteiger charge is 2.23. The van der Waals surface area contributed by atoms with Gasteiger partial charge in [0.15, 0.2) is 0 Å². The first-order chi connectivity index (χ1) is 9.28. The van der Waals surface area contributed by atoms with E-state index in [9.17, 15) is 4.79 Å². The molecule has 0 saturated carbocycles. The number of nitrogens with zero attached hydrogens (tertiary/aromatic N) is 1. The Morgan fingerprint density at radius 3 is 2.60 bits per heavy atom. The summed E-state index contributed by atoms with van der Waals surface area (Å²) in [7, 11) is 0. The summed E-state index contributed by atoms with van der Waals surface area (Å²) in [5, 5.41) is 6.33. The van der Waals surface area contributed by atoms with Gasteiger partial charge in [-0.15, -0.1) is 0 Å². The molecule has 0 bridgehead atoms. The van der Waals surface area contributed by atoms with Crippen LogP contribution in [0.25, 0.3) is 0 Å². The molecule has 0 aromatic rings. The highest BCUT2D eigenvalue weighted by molar-refractivity contribution is 5.67. The SMILES string of the molecule is CC(C)N1CCC(NCCCNC(=O)OC(C)(C)C)C1. The second-order valence-corrected chi connectivity index (χ2v) is 6.81. The zero-order valence-corrected chi connectivity index (χ0v) is 13.7. The number of carbonyl (C=O) groups excluding carboxylic acids is 1. The molecule has 1 aliphatic rings. The van der Waals surface area contributed by atoms with Gasteiger partial charge in [0.1, 0.15) is 5.60 Å². The predicted octanol–water partition coefficient (Wildman–Crippen LogP) is 1.97. The molecule has 1 saturated heterocycles. The molecule has 1 aliphatic heterocycles. The number of alkyl carbamates (subject to hydrolysis) is 1. The molecule has 0 radical (unpaired) electrons. The van der Waals surface area contributed by atoms with Crippen LogP contribution in [0.4, 0.5) is 4.79 Å². The summed E-state index contributed by atoms with van der Waals surface area (Å²) in [4.78, 5) is 13.9. The first-order valence-electron chi connectivity index (χ1n) is 7.72. The fraction of sp³-hybridized carbons (Fsp3) is 0.933. The molecule has 118 valence electrons. The van der Waals surface area contributed by atoms with Crippen LogP contribution in [-0.4, -0.2) is 54.9 Å². The van der Waals surface area contributed by atoms with E-state index in [4.69, 9.17) is 4.74 Å². The minimum atomic E-state index is -0.424. The largest absolute Gasteiger partial charge is 0.444 e. The van der Waals surface area contributed by atoms with Crippen molar-refractivity contribution in [2.24, 2.45) is 0 Å². The summed E-state index contributed by atoms with van der Waals surface area (Å²) in [6.07, 6.45) is 1.82. The van der Waals surface area contributed by atoms with E-state index in [0.29, 0.717) is 18.6 Å². The molecule has 1 heterocycles. The molecule has 5 heteroatoms. The van der Waals surface area contributed by atoms with Crippen molar-refractivity contribution in [1.82, 2.24) is 15.5 Å². The Hall–Kier alpha value is -0.810. The van der Waals surface area contributed by atoms with Gasteiger partial charge in [0.2, 0.25) is 0 Å². The van der Waals surface area contributed by atoms with Crippen LogP contribution in [0.5, 0.6) is 0 Å². The number of ether oxygens (including phenoxy) is 1. The van der Waals surface area contributed by atoms with Gasteiger partial charge in [-0.25, -0.2) is 4.79 Å². The van der Waals surface area contributed by atoms with Gasteiger partial charge in [-0.1, -0.05) is 0 Å². The quantitative estimate of drug-likeness (QED) is 0.733. The Morgan fingerprint density at radius 2 is 2.05 bits per heavy atom. The zero-order chi connectivity index (χ0) is 15.2. The molecule has 20 heavy (non-hydrogen) atoms. The molecule has 1 unspecified atom stereocenters. The van der Waals surface area contributed by atoms with E-state index in [1.165, 1.54) is 13.0 Å². The molecule has 1 fully saturated rings. The number of amides is 1. The summed E-state index contributed by atoms with van der Waals surface area (Å²) >= 11 is 0. The van der Waals surface area contributed by atoms with E-state index in [1.54, 1.807) is 0 Å². The maximum atomic E-state index is 11.4. The van der Waals surface area contributed by atoms with E-state index < -0.39 is 5.60 Å². The van der Waals surface area contributed by atoms with Crippen LogP contribution in [-0.2, 0) is 4.74 Å². The van der Waals surface area contributed by atoms with Crippen molar-refractivity contribution in [2.45, 2.75) is 65.1 Å². The van der Waals surface area contributed by atoms with E-state index in [-0.39, 0.29) is 6.09 Å². The molecule has 0 spiro atoms. The fourth-order valence-electron chi connectivity index (χ4n) is 2.32. The zero-order valence-electron chi connectivity index (χ0n) is 13.7. The van der Waals surface area contributed by atoms with Crippen LogP contribution in [0.15, 0.2) is 0 Å². The topological polar surface area (TPSA) is 53.6 Å². The number of likely N-dealkylation sites (tertiary alicyclic amines) is 1. The minimum absolute atomic E-state index is 0.329. The third kappa shape index (κ3) is 7.10. The molecule has 1 rings (SSSR count). The maximum Gasteiger partial charge on any atom is 0.407 e. The lowest BCUT2D eigenvalue weighted by molar-refractivity contribution is 0.0527. The average Bonchev–Trinajstić information content (AvgIpc) is 2.75. The number of hydrogen-bond acceptors (Lipinski definition) is 4. The summed E-state index contributed by atoms with van der Waals surface area (Å²) < 4.78 is 5.18. The Bertz CT molecular complexity index is 300. The van der Waals surface area contributed by atoms with Crippen molar-refractivity contribution in [3.63, 3.8) is 0 Å². The molecule has 0 aromatic carbocycles. The molecule has 5 nitrogen and oxygen atoms in total. The van der Waals surface area contributed by atoms with Gasteiger partial charge in [0.05, 0.1) is 0 Å². The average molecular weight is 285 g/mol. The number of carbonyl (C=O) groups is 1. The lowest BCUT2D eigenvalue weighted by atomic mass is 10.2. The summed E-state index contributed by atoms with van der Waals surface area (Å²) in [6.45, 7) is 14.0. The lowest BCUT2D eigenvalue weighted by Gasteiger charge is -2.21. The summed E-state index contributed by atoms with van der Waals surface area (Å²) in [5.41, 5.74) is -0.424. The van der Waals surface area contributed by atoms with Gasteiger partial charge in [-0.3, -0.25) is 4.90 Å². The van der Waals surface area contributed by atoms with E-state index in [0.717, 1.165) is 19.5 Å². The number of hydrogen-bond donors (Lipinski definition) is 2. The van der Waals surface area contributed by atoms with Gasteiger partial charge in [-0.05, 0) is 60.5 Å². The van der Waals surface area contributed by atoms with Crippen LogP contribution in [0.2, 0.25) is 0 Å². The summed E-state index contributed by atoms with van der Waals surface area (Å²) in [5.74, 6) is 0. The first kappa shape index (κ1) is 17.2. The highest BCUT2D eigenvalue weighted by atomic mass is 16.6. The van der Waals surface area contributed by atoms with Gasteiger partial charge < -0.3 is 15.4 Å². The van der Waals surface area contributed by atoms with Gasteiger partial charge in [0.25, 0.3) is 0 Å². The minimum Gasteiger partial charge on any atom is -0.444 e. The molecule has 1 atom stereocenters. The van der Waals surface area contributed by atoms with Crippen molar-refractivity contribution in [3.8, 4) is 0 Å². The van der Waals surface area contributed by atoms with Crippen LogP contribution in [0.1, 0.15) is 47.5 Å². The second kappa shape index (κ2) is 7.84. The maximum absolute atomic E-state index is 11.4. The smallest absolute Gasteiger partial charge is 0.407 e. The Balaban J connectivity index is 2.02. The standard InChI is InChI=1S/C15H31N3O2/c1-12(2)18-10-7-13(11-18)16-8-6-9-17-14(19)20-15(3,4)5/h12-13,16H,6-11H2,1-5H3,(H,17,19).